The van der Waals surface area contributed by atoms with Crippen molar-refractivity contribution in [2.45, 2.75) is 12.8 Å². The lowest BCUT2D eigenvalue weighted by Crippen LogP contribution is -2.10. The molecule has 1 fully saturated rings. The molecule has 3 heteroatoms. The summed E-state index contributed by atoms with van der Waals surface area (Å²) in [5, 5.41) is 12.1. The Morgan fingerprint density at radius 1 is 1.53 bits per heavy atom. The van der Waals surface area contributed by atoms with Gasteiger partial charge in [0.15, 0.2) is 0 Å². The second kappa shape index (κ2) is 4.78. The van der Waals surface area contributed by atoms with E-state index in [-0.39, 0.29) is 0 Å². The Labute approximate surface area is 98.4 Å². The minimum atomic E-state index is 0.718. The molecule has 1 heterocycles. The summed E-state index contributed by atoms with van der Waals surface area (Å²) in [6.07, 6.45) is 2.35. The molecule has 0 saturated carbocycles. The monoisotopic (exact) mass is 264 g/mol. The maximum Gasteiger partial charge on any atom is 0.0992 e. The molecule has 1 aliphatic heterocycles. The normalized spacial score (nSPS) is 20.1. The van der Waals surface area contributed by atoms with Gasteiger partial charge in [-0.3, -0.25) is 0 Å². The Hall–Kier alpha value is -0.850. The molecule has 2 nitrogen and oxygen atoms in total. The van der Waals surface area contributed by atoms with Gasteiger partial charge in [0.25, 0.3) is 0 Å². The maximum atomic E-state index is 8.76. The zero-order valence-electron chi connectivity index (χ0n) is 8.46. The van der Waals surface area contributed by atoms with Crippen LogP contribution in [0.15, 0.2) is 22.7 Å². The number of rotatable bonds is 2. The zero-order chi connectivity index (χ0) is 10.7. The van der Waals surface area contributed by atoms with Gasteiger partial charge in [0.05, 0.1) is 11.6 Å². The summed E-state index contributed by atoms with van der Waals surface area (Å²) < 4.78 is 1.06. The Morgan fingerprint density at radius 2 is 2.40 bits per heavy atom. The van der Waals surface area contributed by atoms with Crippen molar-refractivity contribution in [3.05, 3.63) is 33.8 Å². The van der Waals surface area contributed by atoms with Crippen LogP contribution < -0.4 is 5.32 Å². The van der Waals surface area contributed by atoms with Crippen LogP contribution in [0, 0.1) is 17.2 Å². The molecule has 1 saturated heterocycles. The van der Waals surface area contributed by atoms with Crippen molar-refractivity contribution in [2.75, 3.05) is 13.1 Å². The summed E-state index contributed by atoms with van der Waals surface area (Å²) in [6, 6.07) is 7.99. The third kappa shape index (κ3) is 2.58. The molecule has 0 amide bonds. The molecule has 1 aliphatic rings. The molecule has 78 valence electrons. The first-order valence-corrected chi connectivity index (χ1v) is 5.98. The van der Waals surface area contributed by atoms with E-state index in [1.54, 1.807) is 0 Å². The summed E-state index contributed by atoms with van der Waals surface area (Å²) in [6.45, 7) is 2.25. The van der Waals surface area contributed by atoms with Gasteiger partial charge in [0.1, 0.15) is 0 Å². The van der Waals surface area contributed by atoms with Gasteiger partial charge in [-0.25, -0.2) is 0 Å². The first-order valence-electron chi connectivity index (χ1n) is 5.19. The summed E-state index contributed by atoms with van der Waals surface area (Å²) in [7, 11) is 0. The first-order chi connectivity index (χ1) is 7.29. The lowest BCUT2D eigenvalue weighted by atomic mass is 9.98. The predicted molar refractivity (Wildman–Crippen MR) is 63.5 cm³/mol. The summed E-state index contributed by atoms with van der Waals surface area (Å²) in [5.74, 6) is 0.745. The van der Waals surface area contributed by atoms with Crippen LogP contribution in [0.25, 0.3) is 0 Å². The Kier molecular flexibility index (Phi) is 3.40. The van der Waals surface area contributed by atoms with Crippen molar-refractivity contribution in [1.29, 1.82) is 5.26 Å². The average molecular weight is 265 g/mol. The zero-order valence-corrected chi connectivity index (χ0v) is 10.0. The molecular formula is C12H13BrN2. The van der Waals surface area contributed by atoms with Crippen LogP contribution in [0.4, 0.5) is 0 Å². The molecule has 15 heavy (non-hydrogen) atoms. The summed E-state index contributed by atoms with van der Waals surface area (Å²) in [5.41, 5.74) is 2.03. The topological polar surface area (TPSA) is 35.8 Å². The van der Waals surface area contributed by atoms with Crippen molar-refractivity contribution < 1.29 is 0 Å². The number of nitriles is 1. The van der Waals surface area contributed by atoms with E-state index in [1.807, 2.05) is 12.1 Å². The van der Waals surface area contributed by atoms with E-state index in [9.17, 15) is 0 Å². The fourth-order valence-electron chi connectivity index (χ4n) is 1.98. The third-order valence-electron chi connectivity index (χ3n) is 2.85. The van der Waals surface area contributed by atoms with Crippen LogP contribution in [-0.2, 0) is 6.42 Å². The Morgan fingerprint density at radius 3 is 3.00 bits per heavy atom. The second-order valence-corrected chi connectivity index (χ2v) is 4.84. The fourth-order valence-corrected chi connectivity index (χ4v) is 2.52. The smallest absolute Gasteiger partial charge is 0.0992 e. The Bertz CT molecular complexity index is 389. The molecule has 1 atom stereocenters. The molecule has 1 unspecified atom stereocenters. The highest BCUT2D eigenvalue weighted by atomic mass is 79.9. The van der Waals surface area contributed by atoms with E-state index in [4.69, 9.17) is 5.26 Å². The second-order valence-electron chi connectivity index (χ2n) is 3.98. The fraction of sp³-hybridized carbons (Fsp3) is 0.417. The van der Waals surface area contributed by atoms with Crippen molar-refractivity contribution in [1.82, 2.24) is 5.32 Å². The average Bonchev–Trinajstić information content (AvgIpc) is 2.74. The number of halogens is 1. The van der Waals surface area contributed by atoms with E-state index in [0.717, 1.165) is 35.5 Å². The molecule has 0 radical (unpaired) electrons. The Balaban J connectivity index is 2.11. The lowest BCUT2D eigenvalue weighted by Gasteiger charge is -2.09. The predicted octanol–water partition coefficient (Wildman–Crippen LogP) is 2.47. The summed E-state index contributed by atoms with van der Waals surface area (Å²) >= 11 is 3.52. The highest BCUT2D eigenvalue weighted by molar-refractivity contribution is 9.10. The van der Waals surface area contributed by atoms with E-state index in [2.05, 4.69) is 33.4 Å². The highest BCUT2D eigenvalue weighted by Crippen LogP contribution is 2.23. The van der Waals surface area contributed by atoms with Gasteiger partial charge < -0.3 is 5.32 Å². The molecule has 2 rings (SSSR count). The van der Waals surface area contributed by atoms with Gasteiger partial charge in [-0.05, 0) is 49.5 Å². The number of benzene rings is 1. The minimum Gasteiger partial charge on any atom is -0.316 e. The standard InChI is InChI=1S/C12H13BrN2/c13-12-6-9(7-14)1-2-11(12)5-10-3-4-15-8-10/h1-2,6,10,15H,3-5,8H2. The van der Waals surface area contributed by atoms with Gasteiger partial charge in [-0.1, -0.05) is 22.0 Å². The SMILES string of the molecule is N#Cc1ccc(CC2CCNC2)c(Br)c1. The van der Waals surface area contributed by atoms with Gasteiger partial charge in [-0.15, -0.1) is 0 Å². The van der Waals surface area contributed by atoms with Crippen LogP contribution in [0.2, 0.25) is 0 Å². The van der Waals surface area contributed by atoms with E-state index < -0.39 is 0 Å². The molecular weight excluding hydrogens is 252 g/mol. The summed E-state index contributed by atoms with van der Waals surface area (Å²) in [4.78, 5) is 0. The van der Waals surface area contributed by atoms with E-state index in [1.165, 1.54) is 12.0 Å². The van der Waals surface area contributed by atoms with Crippen molar-refractivity contribution >= 4 is 15.9 Å². The lowest BCUT2D eigenvalue weighted by molar-refractivity contribution is 0.579. The quantitative estimate of drug-likeness (QED) is 0.891. The van der Waals surface area contributed by atoms with Gasteiger partial charge in [-0.2, -0.15) is 5.26 Å². The molecule has 1 aromatic rings. The van der Waals surface area contributed by atoms with Gasteiger partial charge in [0.2, 0.25) is 0 Å². The van der Waals surface area contributed by atoms with Crippen molar-refractivity contribution in [3.63, 3.8) is 0 Å². The largest absolute Gasteiger partial charge is 0.316 e. The van der Waals surface area contributed by atoms with Crippen LogP contribution >= 0.6 is 15.9 Å². The number of nitrogens with zero attached hydrogens (tertiary/aromatic N) is 1. The van der Waals surface area contributed by atoms with E-state index >= 15 is 0 Å². The van der Waals surface area contributed by atoms with Crippen molar-refractivity contribution in [3.8, 4) is 6.07 Å². The third-order valence-corrected chi connectivity index (χ3v) is 3.59. The van der Waals surface area contributed by atoms with Crippen molar-refractivity contribution in [2.24, 2.45) is 5.92 Å². The van der Waals surface area contributed by atoms with Gasteiger partial charge >= 0.3 is 0 Å². The minimum absolute atomic E-state index is 0.718. The number of nitrogens with one attached hydrogen (secondary N) is 1. The number of hydrogen-bond acceptors (Lipinski definition) is 2. The van der Waals surface area contributed by atoms with Gasteiger partial charge in [0, 0.05) is 4.47 Å². The highest BCUT2D eigenvalue weighted by Gasteiger charge is 2.15. The van der Waals surface area contributed by atoms with Crippen LogP contribution in [-0.4, -0.2) is 13.1 Å². The van der Waals surface area contributed by atoms with Crippen LogP contribution in [0.1, 0.15) is 17.5 Å². The molecule has 0 bridgehead atoms. The van der Waals surface area contributed by atoms with Crippen LogP contribution in [0.3, 0.4) is 0 Å². The molecule has 0 aliphatic carbocycles. The molecule has 0 spiro atoms. The molecule has 0 aromatic heterocycles. The molecule has 1 aromatic carbocycles. The number of hydrogen-bond donors (Lipinski definition) is 1. The van der Waals surface area contributed by atoms with E-state index in [0.29, 0.717) is 0 Å². The van der Waals surface area contributed by atoms with Crippen LogP contribution in [0.5, 0.6) is 0 Å². The molecule has 1 N–H and O–H groups in total. The maximum absolute atomic E-state index is 8.76. The first kappa shape index (κ1) is 10.7.